The summed E-state index contributed by atoms with van der Waals surface area (Å²) in [7, 11) is 0. The van der Waals surface area contributed by atoms with Crippen LogP contribution in [-0.4, -0.2) is 30.3 Å². The molecular formula is C14H25NO4. The van der Waals surface area contributed by atoms with Crippen LogP contribution in [0.15, 0.2) is 12.2 Å². The van der Waals surface area contributed by atoms with Gasteiger partial charge in [0.2, 0.25) is 0 Å². The quantitative estimate of drug-likeness (QED) is 0.596. The Morgan fingerprint density at radius 3 is 2.37 bits per heavy atom. The number of carbonyl (C=O) groups is 2. The largest absolute Gasteiger partial charge is 0.463 e. The highest BCUT2D eigenvalue weighted by Gasteiger charge is 2.18. The van der Waals surface area contributed by atoms with Gasteiger partial charge in [-0.05, 0) is 34.1 Å². The van der Waals surface area contributed by atoms with Crippen LogP contribution in [0.2, 0.25) is 0 Å². The zero-order valence-electron chi connectivity index (χ0n) is 12.5. The van der Waals surface area contributed by atoms with Gasteiger partial charge in [0.25, 0.3) is 0 Å². The standard InChI is InChI=1S/C14H25NO4/c1-6-8-11(9-10-12(16)18-7-2)15-13(17)19-14(3,4)5/h9-11H,6-8H2,1-5H3,(H,15,17)/b10-9+/t11-/m0/s1. The monoisotopic (exact) mass is 271 g/mol. The van der Waals surface area contributed by atoms with E-state index in [2.05, 4.69) is 5.32 Å². The Morgan fingerprint density at radius 1 is 1.26 bits per heavy atom. The van der Waals surface area contributed by atoms with Crippen molar-refractivity contribution in [2.45, 2.75) is 59.1 Å². The first-order chi connectivity index (χ1) is 8.78. The summed E-state index contributed by atoms with van der Waals surface area (Å²) in [4.78, 5) is 22.8. The summed E-state index contributed by atoms with van der Waals surface area (Å²) >= 11 is 0. The fourth-order valence-corrected chi connectivity index (χ4v) is 1.37. The van der Waals surface area contributed by atoms with E-state index in [1.807, 2.05) is 6.92 Å². The van der Waals surface area contributed by atoms with Crippen LogP contribution in [0, 0.1) is 0 Å². The Hall–Kier alpha value is -1.52. The average molecular weight is 271 g/mol. The van der Waals surface area contributed by atoms with E-state index in [1.165, 1.54) is 6.08 Å². The summed E-state index contributed by atoms with van der Waals surface area (Å²) in [6.07, 6.45) is 4.09. The van der Waals surface area contributed by atoms with Gasteiger partial charge in [-0.2, -0.15) is 0 Å². The van der Waals surface area contributed by atoms with E-state index >= 15 is 0 Å². The third kappa shape index (κ3) is 10.1. The highest BCUT2D eigenvalue weighted by atomic mass is 16.6. The Morgan fingerprint density at radius 2 is 1.89 bits per heavy atom. The lowest BCUT2D eigenvalue weighted by atomic mass is 10.1. The van der Waals surface area contributed by atoms with Gasteiger partial charge in [-0.1, -0.05) is 19.4 Å². The minimum atomic E-state index is -0.536. The van der Waals surface area contributed by atoms with Crippen LogP contribution >= 0.6 is 0 Å². The number of amides is 1. The lowest BCUT2D eigenvalue weighted by molar-refractivity contribution is -0.137. The number of rotatable bonds is 6. The van der Waals surface area contributed by atoms with Crippen LogP contribution in [0.5, 0.6) is 0 Å². The molecule has 0 aliphatic rings. The molecule has 19 heavy (non-hydrogen) atoms. The molecule has 0 aliphatic heterocycles. The van der Waals surface area contributed by atoms with Gasteiger partial charge in [-0.3, -0.25) is 0 Å². The lowest BCUT2D eigenvalue weighted by Crippen LogP contribution is -2.38. The molecule has 0 bridgehead atoms. The van der Waals surface area contributed by atoms with Crippen molar-refractivity contribution in [3.63, 3.8) is 0 Å². The number of hydrogen-bond acceptors (Lipinski definition) is 4. The van der Waals surface area contributed by atoms with Crippen LogP contribution in [-0.2, 0) is 14.3 Å². The zero-order chi connectivity index (χ0) is 14.9. The first-order valence-corrected chi connectivity index (χ1v) is 6.63. The predicted molar refractivity (Wildman–Crippen MR) is 73.8 cm³/mol. The van der Waals surface area contributed by atoms with Crippen molar-refractivity contribution in [3.8, 4) is 0 Å². The normalized spacial score (nSPS) is 13.1. The Bertz CT molecular complexity index is 318. The highest BCUT2D eigenvalue weighted by Crippen LogP contribution is 2.08. The molecule has 0 saturated heterocycles. The van der Waals surface area contributed by atoms with E-state index in [0.29, 0.717) is 6.61 Å². The van der Waals surface area contributed by atoms with Crippen LogP contribution in [0.3, 0.4) is 0 Å². The fourth-order valence-electron chi connectivity index (χ4n) is 1.37. The molecular weight excluding hydrogens is 246 g/mol. The van der Waals surface area contributed by atoms with Crippen LogP contribution < -0.4 is 5.32 Å². The molecule has 0 fully saturated rings. The summed E-state index contributed by atoms with van der Waals surface area (Å²) < 4.78 is 9.96. The number of hydrogen-bond donors (Lipinski definition) is 1. The van der Waals surface area contributed by atoms with Crippen molar-refractivity contribution in [2.75, 3.05) is 6.61 Å². The molecule has 1 N–H and O–H groups in total. The maximum atomic E-state index is 11.6. The summed E-state index contributed by atoms with van der Waals surface area (Å²) in [5.74, 6) is -0.408. The van der Waals surface area contributed by atoms with E-state index in [4.69, 9.17) is 9.47 Å². The maximum absolute atomic E-state index is 11.6. The van der Waals surface area contributed by atoms with Gasteiger partial charge in [-0.25, -0.2) is 9.59 Å². The summed E-state index contributed by atoms with van der Waals surface area (Å²) in [6, 6.07) is -0.232. The molecule has 1 amide bonds. The SMILES string of the molecule is CCC[C@@H](/C=C/C(=O)OCC)NC(=O)OC(C)(C)C. The maximum Gasteiger partial charge on any atom is 0.408 e. The summed E-state index contributed by atoms with van der Waals surface area (Å²) in [5.41, 5.74) is -0.536. The number of ether oxygens (including phenoxy) is 2. The Kier molecular flexibility index (Phi) is 7.87. The van der Waals surface area contributed by atoms with E-state index in [0.717, 1.165) is 12.8 Å². The molecule has 0 spiro atoms. The molecule has 1 atom stereocenters. The van der Waals surface area contributed by atoms with Gasteiger partial charge in [-0.15, -0.1) is 0 Å². The van der Waals surface area contributed by atoms with E-state index in [9.17, 15) is 9.59 Å². The zero-order valence-corrected chi connectivity index (χ0v) is 12.5. The molecule has 0 aromatic carbocycles. The molecule has 110 valence electrons. The molecule has 5 nitrogen and oxygen atoms in total. The molecule has 0 radical (unpaired) electrons. The van der Waals surface area contributed by atoms with Gasteiger partial charge in [0, 0.05) is 6.08 Å². The molecule has 0 unspecified atom stereocenters. The molecule has 0 aromatic heterocycles. The lowest BCUT2D eigenvalue weighted by Gasteiger charge is -2.22. The first-order valence-electron chi connectivity index (χ1n) is 6.63. The van der Waals surface area contributed by atoms with E-state index in [-0.39, 0.29) is 6.04 Å². The molecule has 5 heteroatoms. The van der Waals surface area contributed by atoms with Gasteiger partial charge >= 0.3 is 12.1 Å². The van der Waals surface area contributed by atoms with Crippen LogP contribution in [0.25, 0.3) is 0 Å². The third-order valence-corrected chi connectivity index (χ3v) is 2.05. The first kappa shape index (κ1) is 17.5. The number of nitrogens with one attached hydrogen (secondary N) is 1. The van der Waals surface area contributed by atoms with Crippen molar-refractivity contribution in [3.05, 3.63) is 12.2 Å². The van der Waals surface area contributed by atoms with Gasteiger partial charge in [0.1, 0.15) is 5.60 Å². The second kappa shape index (κ2) is 8.56. The second-order valence-corrected chi connectivity index (χ2v) is 5.15. The smallest absolute Gasteiger partial charge is 0.408 e. The van der Waals surface area contributed by atoms with Gasteiger partial charge in [0.15, 0.2) is 0 Å². The second-order valence-electron chi connectivity index (χ2n) is 5.15. The molecule has 0 heterocycles. The van der Waals surface area contributed by atoms with Gasteiger partial charge < -0.3 is 14.8 Å². The predicted octanol–water partition coefficient (Wildman–Crippen LogP) is 2.80. The average Bonchev–Trinajstić information content (AvgIpc) is 2.24. The topological polar surface area (TPSA) is 64.6 Å². The summed E-state index contributed by atoms with van der Waals surface area (Å²) in [5, 5.41) is 2.72. The highest BCUT2D eigenvalue weighted by molar-refractivity contribution is 5.82. The fraction of sp³-hybridized carbons (Fsp3) is 0.714. The molecule has 0 rings (SSSR count). The van der Waals surface area contributed by atoms with E-state index in [1.54, 1.807) is 33.8 Å². The molecule has 0 saturated carbocycles. The van der Waals surface area contributed by atoms with E-state index < -0.39 is 17.7 Å². The van der Waals surface area contributed by atoms with Crippen molar-refractivity contribution in [1.82, 2.24) is 5.32 Å². The van der Waals surface area contributed by atoms with Crippen molar-refractivity contribution in [2.24, 2.45) is 0 Å². The van der Waals surface area contributed by atoms with Crippen molar-refractivity contribution >= 4 is 12.1 Å². The Balaban J connectivity index is 4.40. The molecule has 0 aliphatic carbocycles. The minimum absolute atomic E-state index is 0.232. The number of alkyl carbamates (subject to hydrolysis) is 1. The van der Waals surface area contributed by atoms with Crippen LogP contribution in [0.1, 0.15) is 47.5 Å². The number of carbonyl (C=O) groups excluding carboxylic acids is 2. The molecule has 0 aromatic rings. The van der Waals surface area contributed by atoms with Gasteiger partial charge in [0.05, 0.1) is 12.6 Å². The number of esters is 1. The van der Waals surface area contributed by atoms with Crippen molar-refractivity contribution in [1.29, 1.82) is 0 Å². The Labute approximate surface area is 115 Å². The minimum Gasteiger partial charge on any atom is -0.463 e. The summed E-state index contributed by atoms with van der Waals surface area (Å²) in [6.45, 7) is 9.49. The third-order valence-electron chi connectivity index (χ3n) is 2.05. The van der Waals surface area contributed by atoms with Crippen LogP contribution in [0.4, 0.5) is 4.79 Å². The van der Waals surface area contributed by atoms with Crippen molar-refractivity contribution < 1.29 is 19.1 Å².